The molecule has 3 aromatic heterocycles. The van der Waals surface area contributed by atoms with Crippen molar-refractivity contribution in [3.8, 4) is 0 Å². The molecule has 210 valence electrons. The molecule has 0 unspecified atom stereocenters. The van der Waals surface area contributed by atoms with Gasteiger partial charge in [0.15, 0.2) is 11.3 Å². The number of imidazole rings is 1. The van der Waals surface area contributed by atoms with Crippen molar-refractivity contribution >= 4 is 40.3 Å². The van der Waals surface area contributed by atoms with Crippen LogP contribution in [0.2, 0.25) is 0 Å². The molecule has 4 aromatic rings. The van der Waals surface area contributed by atoms with Gasteiger partial charge in [0.25, 0.3) is 0 Å². The van der Waals surface area contributed by atoms with Gasteiger partial charge in [0.1, 0.15) is 6.54 Å². The number of carbonyl (C=O) groups is 3. The maximum atomic E-state index is 13.2. The Labute approximate surface area is 227 Å². The van der Waals surface area contributed by atoms with E-state index in [4.69, 9.17) is 0 Å². The van der Waals surface area contributed by atoms with Crippen molar-refractivity contribution in [1.82, 2.24) is 29.2 Å². The van der Waals surface area contributed by atoms with Crippen LogP contribution in [0.5, 0.6) is 0 Å². The van der Waals surface area contributed by atoms with Gasteiger partial charge in [-0.05, 0) is 29.7 Å². The predicted octanol–water partition coefficient (Wildman–Crippen LogP) is 4.22. The average molecular weight is 556 g/mol. The Hall–Kier alpha value is -4.42. The number of alkyl halides is 3. The lowest BCUT2D eigenvalue weighted by atomic mass is 9.91. The van der Waals surface area contributed by atoms with Crippen molar-refractivity contribution in [3.63, 3.8) is 0 Å². The number of rotatable bonds is 6. The molecule has 13 heteroatoms. The van der Waals surface area contributed by atoms with Gasteiger partial charge in [-0.25, -0.2) is 14.8 Å². The van der Waals surface area contributed by atoms with Gasteiger partial charge in [-0.2, -0.15) is 13.2 Å². The summed E-state index contributed by atoms with van der Waals surface area (Å²) in [6.45, 7) is 2.59. The van der Waals surface area contributed by atoms with Crippen molar-refractivity contribution in [2.75, 3.05) is 25.0 Å². The van der Waals surface area contributed by atoms with Crippen molar-refractivity contribution < 1.29 is 27.6 Å². The number of urea groups is 1. The summed E-state index contributed by atoms with van der Waals surface area (Å²) < 4.78 is 41.2. The van der Waals surface area contributed by atoms with Gasteiger partial charge in [-0.3, -0.25) is 18.6 Å². The number of anilines is 1. The van der Waals surface area contributed by atoms with E-state index in [1.54, 1.807) is 48.9 Å². The minimum Gasteiger partial charge on any atom is -0.329 e. The third-order valence-electron chi connectivity index (χ3n) is 7.17. The molecule has 0 saturated carbocycles. The van der Waals surface area contributed by atoms with E-state index in [9.17, 15) is 27.6 Å². The van der Waals surface area contributed by atoms with Crippen LogP contribution in [0, 0.1) is 5.92 Å². The van der Waals surface area contributed by atoms with Crippen molar-refractivity contribution in [2.45, 2.75) is 38.8 Å². The van der Waals surface area contributed by atoms with Crippen LogP contribution in [0.3, 0.4) is 0 Å². The molecule has 2 atom stereocenters. The number of nitrogens with zero attached hydrogens (tertiary/aromatic N) is 5. The quantitative estimate of drug-likeness (QED) is 0.370. The van der Waals surface area contributed by atoms with Gasteiger partial charge in [0.2, 0.25) is 11.8 Å². The molecule has 5 rings (SSSR count). The van der Waals surface area contributed by atoms with Crippen LogP contribution in [0.4, 0.5) is 23.7 Å². The fourth-order valence-electron chi connectivity index (χ4n) is 5.27. The molecule has 1 aromatic carbocycles. The van der Waals surface area contributed by atoms with Crippen molar-refractivity contribution in [1.29, 1.82) is 0 Å². The molecule has 2 N–H and O–H groups in total. The molecule has 1 saturated heterocycles. The molecule has 10 nitrogen and oxygen atoms in total. The maximum Gasteiger partial charge on any atom is 0.405 e. The van der Waals surface area contributed by atoms with E-state index in [1.165, 1.54) is 16.4 Å². The first-order chi connectivity index (χ1) is 19.0. The molecule has 1 fully saturated rings. The Bertz CT molecular complexity index is 1580. The highest BCUT2D eigenvalue weighted by molar-refractivity contribution is 5.91. The van der Waals surface area contributed by atoms with Crippen LogP contribution in [-0.4, -0.2) is 67.5 Å². The normalized spacial score (nSPS) is 17.5. The zero-order valence-electron chi connectivity index (χ0n) is 21.9. The number of fused-ring (bicyclic) bond motifs is 3. The van der Waals surface area contributed by atoms with Gasteiger partial charge in [-0.15, -0.1) is 0 Å². The SMILES string of the molecule is CC[C@@H]1CN(C(=O)NCC(F)(F)F)C[C@@H]1c1cnc2cnc3c(ccn3C(=O)Cc3ccc(NC(C)=O)cc3)n12. The fourth-order valence-corrected chi connectivity index (χ4v) is 5.27. The van der Waals surface area contributed by atoms with Crippen molar-refractivity contribution in [2.24, 2.45) is 5.92 Å². The summed E-state index contributed by atoms with van der Waals surface area (Å²) in [4.78, 5) is 47.3. The third kappa shape index (κ3) is 5.49. The minimum atomic E-state index is -4.49. The topological polar surface area (TPSA) is 114 Å². The molecule has 0 spiro atoms. The second-order valence-corrected chi connectivity index (χ2v) is 9.93. The monoisotopic (exact) mass is 555 g/mol. The summed E-state index contributed by atoms with van der Waals surface area (Å²) in [7, 11) is 0. The Morgan fingerprint density at radius 3 is 2.48 bits per heavy atom. The molecule has 0 radical (unpaired) electrons. The number of amides is 3. The number of nitrogens with one attached hydrogen (secondary N) is 2. The molecular formula is C27H28F3N7O3. The van der Waals surface area contributed by atoms with Crippen LogP contribution in [0.1, 0.15) is 42.2 Å². The van der Waals surface area contributed by atoms with Crippen LogP contribution < -0.4 is 10.6 Å². The van der Waals surface area contributed by atoms with E-state index in [1.807, 2.05) is 16.6 Å². The van der Waals surface area contributed by atoms with Gasteiger partial charge < -0.3 is 15.5 Å². The van der Waals surface area contributed by atoms with E-state index in [2.05, 4.69) is 15.3 Å². The molecule has 1 aliphatic rings. The lowest BCUT2D eigenvalue weighted by Gasteiger charge is -2.18. The zero-order chi connectivity index (χ0) is 28.6. The Morgan fingerprint density at radius 1 is 1.05 bits per heavy atom. The minimum absolute atomic E-state index is 0.0175. The standard InChI is InChI=1S/C27H28F3N7O3/c1-3-18-13-35(26(40)33-15-27(28,29)30)14-20(18)22-11-31-23-12-32-25-21(37(22)23)8-9-36(25)24(39)10-17-4-6-19(7-5-17)34-16(2)38/h4-9,11-12,18,20H,3,10,13-15H2,1-2H3,(H,33,40)(H,34,38)/t18-,20+/m1/s1. The van der Waals surface area contributed by atoms with E-state index in [-0.39, 0.29) is 36.6 Å². The zero-order valence-corrected chi connectivity index (χ0v) is 21.9. The van der Waals surface area contributed by atoms with Gasteiger partial charge in [-0.1, -0.05) is 25.5 Å². The average Bonchev–Trinajstić information content (AvgIpc) is 3.63. The first kappa shape index (κ1) is 27.2. The number of benzene rings is 1. The number of likely N-dealkylation sites (tertiary alicyclic amines) is 1. The largest absolute Gasteiger partial charge is 0.405 e. The summed E-state index contributed by atoms with van der Waals surface area (Å²) in [6, 6.07) is 8.04. The summed E-state index contributed by atoms with van der Waals surface area (Å²) in [5.41, 5.74) is 3.88. The van der Waals surface area contributed by atoms with E-state index >= 15 is 0 Å². The summed E-state index contributed by atoms with van der Waals surface area (Å²) in [5.74, 6) is -0.526. The Kier molecular flexibility index (Phi) is 7.21. The number of halogens is 3. The molecular weight excluding hydrogens is 527 g/mol. The van der Waals surface area contributed by atoms with Gasteiger partial charge in [0, 0.05) is 49.7 Å². The Balaban J connectivity index is 1.40. The second-order valence-electron chi connectivity index (χ2n) is 9.93. The molecule has 40 heavy (non-hydrogen) atoms. The third-order valence-corrected chi connectivity index (χ3v) is 7.17. The highest BCUT2D eigenvalue weighted by Crippen LogP contribution is 2.36. The predicted molar refractivity (Wildman–Crippen MR) is 141 cm³/mol. The van der Waals surface area contributed by atoms with Crippen LogP contribution in [-0.2, 0) is 11.2 Å². The van der Waals surface area contributed by atoms with Crippen LogP contribution >= 0.6 is 0 Å². The fraction of sp³-hybridized carbons (Fsp3) is 0.370. The lowest BCUT2D eigenvalue weighted by molar-refractivity contribution is -0.123. The van der Waals surface area contributed by atoms with Crippen LogP contribution in [0.15, 0.2) is 48.9 Å². The van der Waals surface area contributed by atoms with E-state index in [0.717, 1.165) is 17.7 Å². The molecule has 4 heterocycles. The smallest absolute Gasteiger partial charge is 0.329 e. The Morgan fingerprint density at radius 2 is 1.80 bits per heavy atom. The van der Waals surface area contributed by atoms with E-state index in [0.29, 0.717) is 29.0 Å². The molecule has 0 bridgehead atoms. The number of carbonyl (C=O) groups excluding carboxylic acids is 3. The van der Waals surface area contributed by atoms with Crippen LogP contribution in [0.25, 0.3) is 16.8 Å². The number of hydrogen-bond donors (Lipinski definition) is 2. The lowest BCUT2D eigenvalue weighted by Crippen LogP contribution is -2.42. The first-order valence-electron chi connectivity index (χ1n) is 12.9. The summed E-state index contributed by atoms with van der Waals surface area (Å²) in [5, 5.41) is 4.65. The summed E-state index contributed by atoms with van der Waals surface area (Å²) >= 11 is 0. The molecule has 1 aliphatic heterocycles. The van der Waals surface area contributed by atoms with Gasteiger partial charge >= 0.3 is 12.2 Å². The molecule has 3 amide bonds. The first-order valence-corrected chi connectivity index (χ1v) is 12.9. The highest BCUT2D eigenvalue weighted by atomic mass is 19.4. The van der Waals surface area contributed by atoms with Crippen molar-refractivity contribution in [3.05, 3.63) is 60.2 Å². The maximum absolute atomic E-state index is 13.2. The second kappa shape index (κ2) is 10.6. The molecule has 0 aliphatic carbocycles. The number of aromatic nitrogens is 4. The van der Waals surface area contributed by atoms with Gasteiger partial charge in [0.05, 0.1) is 18.1 Å². The number of hydrogen-bond acceptors (Lipinski definition) is 5. The highest BCUT2D eigenvalue weighted by Gasteiger charge is 2.38. The summed E-state index contributed by atoms with van der Waals surface area (Å²) in [6.07, 6.45) is 1.27. The van der Waals surface area contributed by atoms with E-state index < -0.39 is 18.8 Å².